The summed E-state index contributed by atoms with van der Waals surface area (Å²) in [6, 6.07) is 2.83. The lowest BCUT2D eigenvalue weighted by molar-refractivity contribution is -0.137. The van der Waals surface area contributed by atoms with Crippen molar-refractivity contribution in [1.29, 1.82) is 0 Å². The minimum Gasteiger partial charge on any atom is -0.320 e. The van der Waals surface area contributed by atoms with Crippen LogP contribution in [0.5, 0.6) is 0 Å². The van der Waals surface area contributed by atoms with Gasteiger partial charge in [-0.2, -0.15) is 13.2 Å². The van der Waals surface area contributed by atoms with Crippen molar-refractivity contribution < 1.29 is 13.2 Å². The molecular formula is C13H17ClF3N. The molecule has 0 fully saturated rings. The van der Waals surface area contributed by atoms with Crippen LogP contribution < -0.4 is 5.32 Å². The molecule has 0 heterocycles. The van der Waals surface area contributed by atoms with Crippen LogP contribution in [0, 0.1) is 6.92 Å². The van der Waals surface area contributed by atoms with Crippen molar-refractivity contribution in [2.24, 2.45) is 0 Å². The Labute approximate surface area is 110 Å². The van der Waals surface area contributed by atoms with E-state index in [4.69, 9.17) is 11.6 Å². The second kappa shape index (κ2) is 6.43. The molecule has 1 N–H and O–H groups in total. The Bertz CT molecular complexity index is 402. The van der Waals surface area contributed by atoms with Crippen LogP contribution >= 0.6 is 11.6 Å². The molecule has 18 heavy (non-hydrogen) atoms. The van der Waals surface area contributed by atoms with Gasteiger partial charge in [-0.15, -0.1) is 0 Å². The molecule has 1 aromatic carbocycles. The fourth-order valence-corrected chi connectivity index (χ4v) is 2.16. The predicted molar refractivity (Wildman–Crippen MR) is 68.1 cm³/mol. The molecule has 0 atom stereocenters. The molecule has 0 aromatic heterocycles. The number of hydrogen-bond donors (Lipinski definition) is 1. The van der Waals surface area contributed by atoms with Crippen molar-refractivity contribution in [3.8, 4) is 0 Å². The molecule has 0 saturated carbocycles. The first-order chi connectivity index (χ1) is 8.36. The highest BCUT2D eigenvalue weighted by Gasteiger charge is 2.34. The minimum atomic E-state index is -4.39. The number of alkyl halides is 3. The Morgan fingerprint density at radius 2 is 1.89 bits per heavy atom. The smallest absolute Gasteiger partial charge is 0.320 e. The van der Waals surface area contributed by atoms with Crippen molar-refractivity contribution in [3.63, 3.8) is 0 Å². The van der Waals surface area contributed by atoms with E-state index >= 15 is 0 Å². The van der Waals surface area contributed by atoms with Gasteiger partial charge in [-0.05, 0) is 51.4 Å². The zero-order valence-corrected chi connectivity index (χ0v) is 11.3. The zero-order valence-electron chi connectivity index (χ0n) is 10.5. The molecule has 0 amide bonds. The number of halogens is 4. The number of nitrogens with one attached hydrogen (secondary N) is 1. The van der Waals surface area contributed by atoms with Crippen molar-refractivity contribution in [2.45, 2.75) is 32.4 Å². The average molecular weight is 280 g/mol. The molecule has 0 aliphatic heterocycles. The topological polar surface area (TPSA) is 12.0 Å². The standard InChI is InChI=1S/C13H17ClF3N/c1-9-7-10(5-3-4-6-18-2)12(14)11(8-9)13(15,16)17/h7-8,18H,3-6H2,1-2H3. The van der Waals surface area contributed by atoms with E-state index in [1.165, 1.54) is 0 Å². The van der Waals surface area contributed by atoms with Gasteiger partial charge in [-0.25, -0.2) is 0 Å². The van der Waals surface area contributed by atoms with Crippen LogP contribution in [0.15, 0.2) is 12.1 Å². The number of unbranched alkanes of at least 4 members (excludes halogenated alkanes) is 1. The Morgan fingerprint density at radius 1 is 1.22 bits per heavy atom. The molecule has 102 valence electrons. The summed E-state index contributed by atoms with van der Waals surface area (Å²) in [5.74, 6) is 0. The summed E-state index contributed by atoms with van der Waals surface area (Å²) in [4.78, 5) is 0. The lowest BCUT2D eigenvalue weighted by Crippen LogP contribution is -2.09. The van der Waals surface area contributed by atoms with Gasteiger partial charge in [-0.3, -0.25) is 0 Å². The number of aryl methyl sites for hydroxylation is 2. The highest BCUT2D eigenvalue weighted by Crippen LogP contribution is 2.37. The summed E-state index contributed by atoms with van der Waals surface area (Å²) >= 11 is 5.84. The van der Waals surface area contributed by atoms with Crippen molar-refractivity contribution in [1.82, 2.24) is 5.32 Å². The van der Waals surface area contributed by atoms with E-state index in [1.54, 1.807) is 13.0 Å². The highest BCUT2D eigenvalue weighted by molar-refractivity contribution is 6.32. The van der Waals surface area contributed by atoms with Crippen molar-refractivity contribution in [2.75, 3.05) is 13.6 Å². The summed E-state index contributed by atoms with van der Waals surface area (Å²) in [6.45, 7) is 2.51. The first-order valence-corrected chi connectivity index (χ1v) is 6.25. The summed E-state index contributed by atoms with van der Waals surface area (Å²) in [6.07, 6.45) is -2.07. The quantitative estimate of drug-likeness (QED) is 0.796. The zero-order chi connectivity index (χ0) is 13.8. The fraction of sp³-hybridized carbons (Fsp3) is 0.538. The SMILES string of the molecule is CNCCCCc1cc(C)cc(C(F)(F)F)c1Cl. The number of hydrogen-bond acceptors (Lipinski definition) is 1. The molecule has 0 bridgehead atoms. The van der Waals surface area contributed by atoms with E-state index in [2.05, 4.69) is 5.32 Å². The van der Waals surface area contributed by atoms with E-state index in [0.717, 1.165) is 25.5 Å². The molecular weight excluding hydrogens is 263 g/mol. The molecule has 1 nitrogen and oxygen atoms in total. The monoisotopic (exact) mass is 279 g/mol. The number of rotatable bonds is 5. The maximum Gasteiger partial charge on any atom is 0.417 e. The van der Waals surface area contributed by atoms with Gasteiger partial charge in [0.2, 0.25) is 0 Å². The lowest BCUT2D eigenvalue weighted by Gasteiger charge is -2.14. The second-order valence-electron chi connectivity index (χ2n) is 4.34. The van der Waals surface area contributed by atoms with Gasteiger partial charge in [0.15, 0.2) is 0 Å². The maximum absolute atomic E-state index is 12.8. The Balaban J connectivity index is 2.88. The molecule has 1 rings (SSSR count). The van der Waals surface area contributed by atoms with E-state index in [0.29, 0.717) is 17.5 Å². The Kier molecular flexibility index (Phi) is 5.47. The normalized spacial score (nSPS) is 11.9. The predicted octanol–water partition coefficient (Wildman–Crippen LogP) is 4.21. The first kappa shape index (κ1) is 15.3. The molecule has 0 radical (unpaired) electrons. The van der Waals surface area contributed by atoms with Crippen LogP contribution in [0.3, 0.4) is 0 Å². The van der Waals surface area contributed by atoms with Gasteiger partial charge in [0.25, 0.3) is 0 Å². The van der Waals surface area contributed by atoms with Crippen molar-refractivity contribution in [3.05, 3.63) is 33.8 Å². The molecule has 0 spiro atoms. The maximum atomic E-state index is 12.8. The first-order valence-electron chi connectivity index (χ1n) is 5.87. The van der Waals surface area contributed by atoms with Crippen LogP contribution in [0.25, 0.3) is 0 Å². The summed E-state index contributed by atoms with van der Waals surface area (Å²) in [7, 11) is 1.85. The van der Waals surface area contributed by atoms with Crippen LogP contribution in [-0.4, -0.2) is 13.6 Å². The van der Waals surface area contributed by atoms with Gasteiger partial charge in [-0.1, -0.05) is 23.2 Å². The van der Waals surface area contributed by atoms with Gasteiger partial charge in [0.1, 0.15) is 0 Å². The van der Waals surface area contributed by atoms with E-state index in [9.17, 15) is 13.2 Å². The third kappa shape index (κ3) is 4.18. The highest BCUT2D eigenvalue weighted by atomic mass is 35.5. The van der Waals surface area contributed by atoms with Crippen LogP contribution in [0.2, 0.25) is 5.02 Å². The third-order valence-corrected chi connectivity index (χ3v) is 3.17. The van der Waals surface area contributed by atoms with Gasteiger partial charge < -0.3 is 5.32 Å². The van der Waals surface area contributed by atoms with Crippen LogP contribution in [0.4, 0.5) is 13.2 Å². The van der Waals surface area contributed by atoms with E-state index < -0.39 is 11.7 Å². The second-order valence-corrected chi connectivity index (χ2v) is 4.72. The summed E-state index contributed by atoms with van der Waals surface area (Å²) in [5.41, 5.74) is 0.447. The van der Waals surface area contributed by atoms with Gasteiger partial charge >= 0.3 is 6.18 Å². The number of benzene rings is 1. The Hall–Kier alpha value is -0.740. The molecule has 0 aliphatic rings. The van der Waals surface area contributed by atoms with Gasteiger partial charge in [0, 0.05) is 0 Å². The minimum absolute atomic E-state index is 0.155. The van der Waals surface area contributed by atoms with Crippen LogP contribution in [0.1, 0.15) is 29.5 Å². The van der Waals surface area contributed by atoms with Gasteiger partial charge in [0.05, 0.1) is 10.6 Å². The summed E-state index contributed by atoms with van der Waals surface area (Å²) in [5, 5.41) is 2.85. The average Bonchev–Trinajstić information content (AvgIpc) is 2.27. The molecule has 0 aliphatic carbocycles. The Morgan fingerprint density at radius 3 is 2.44 bits per heavy atom. The lowest BCUT2D eigenvalue weighted by atomic mass is 10.0. The molecule has 5 heteroatoms. The van der Waals surface area contributed by atoms with Crippen LogP contribution in [-0.2, 0) is 12.6 Å². The largest absolute Gasteiger partial charge is 0.417 e. The third-order valence-electron chi connectivity index (χ3n) is 2.72. The molecule has 1 aromatic rings. The molecule has 0 unspecified atom stereocenters. The van der Waals surface area contributed by atoms with E-state index in [1.807, 2.05) is 7.05 Å². The van der Waals surface area contributed by atoms with Crippen molar-refractivity contribution >= 4 is 11.6 Å². The molecule has 0 saturated heterocycles. The summed E-state index contributed by atoms with van der Waals surface area (Å²) < 4.78 is 38.3. The van der Waals surface area contributed by atoms with E-state index in [-0.39, 0.29) is 5.02 Å². The fourth-order valence-electron chi connectivity index (χ4n) is 1.85.